The summed E-state index contributed by atoms with van der Waals surface area (Å²) in [5, 5.41) is 11.4. The maximum Gasteiger partial charge on any atom is 0.332 e. The minimum Gasteiger partial charge on any atom is -0.497 e. The SMILES string of the molecule is CCOC(=O)CO[C@H]1[C@@H](O)[C@@H](COCc2ccccc2)O[C@@H](OCCOCc2ccc(OC)cc2)[C@@H]1OCc1ccccc1. The largest absolute Gasteiger partial charge is 0.497 e. The van der Waals surface area contributed by atoms with E-state index in [0.717, 1.165) is 22.4 Å². The molecule has 0 unspecified atom stereocenters. The Kier molecular flexibility index (Phi) is 14.1. The van der Waals surface area contributed by atoms with E-state index < -0.39 is 36.7 Å². The van der Waals surface area contributed by atoms with E-state index in [4.69, 9.17) is 37.9 Å². The molecule has 1 saturated heterocycles. The van der Waals surface area contributed by atoms with Crippen LogP contribution in [0.25, 0.3) is 0 Å². The molecule has 1 N–H and O–H groups in total. The molecule has 4 rings (SSSR count). The fraction of sp³-hybridized carbons (Fsp3) is 0.441. The molecule has 5 atom stereocenters. The van der Waals surface area contributed by atoms with Crippen LogP contribution in [0.2, 0.25) is 0 Å². The standard InChI is InChI=1S/C34H42O10/c1-3-40-30(35)24-43-32-31(36)29(23-39-21-25-10-6-4-7-11-25)44-34(33(32)42-22-26-12-8-5-9-13-26)41-19-18-38-20-27-14-16-28(37-2)17-15-27/h4-17,29,31-34,36H,3,18-24H2,1-2H3/t29-,31+,32+,33-,34-/m1/s1. The van der Waals surface area contributed by atoms with Gasteiger partial charge in [-0.2, -0.15) is 0 Å². The van der Waals surface area contributed by atoms with Crippen molar-refractivity contribution in [2.45, 2.75) is 57.5 Å². The first-order valence-electron chi connectivity index (χ1n) is 14.8. The highest BCUT2D eigenvalue weighted by Gasteiger charge is 2.48. The molecule has 44 heavy (non-hydrogen) atoms. The zero-order valence-electron chi connectivity index (χ0n) is 25.2. The number of ether oxygens (including phenoxy) is 8. The monoisotopic (exact) mass is 610 g/mol. The first-order chi connectivity index (χ1) is 21.6. The smallest absolute Gasteiger partial charge is 0.332 e. The summed E-state index contributed by atoms with van der Waals surface area (Å²) in [7, 11) is 1.62. The Labute approximate surface area is 258 Å². The van der Waals surface area contributed by atoms with Gasteiger partial charge in [0.2, 0.25) is 0 Å². The average molecular weight is 611 g/mol. The first kappa shape index (κ1) is 33.5. The highest BCUT2D eigenvalue weighted by Crippen LogP contribution is 2.28. The molecule has 0 spiro atoms. The van der Waals surface area contributed by atoms with Crippen molar-refractivity contribution in [3.8, 4) is 5.75 Å². The predicted octanol–water partition coefficient (Wildman–Crippen LogP) is 4.06. The molecule has 3 aromatic rings. The minimum absolute atomic E-state index is 0.0640. The van der Waals surface area contributed by atoms with Crippen molar-refractivity contribution in [3.63, 3.8) is 0 Å². The third-order valence-electron chi connectivity index (χ3n) is 6.93. The maximum atomic E-state index is 12.2. The minimum atomic E-state index is -1.17. The van der Waals surface area contributed by atoms with Crippen LogP contribution >= 0.6 is 0 Å². The molecule has 1 aliphatic heterocycles. The third-order valence-corrected chi connectivity index (χ3v) is 6.93. The second kappa shape index (κ2) is 18.5. The van der Waals surface area contributed by atoms with Gasteiger partial charge in [0.25, 0.3) is 0 Å². The van der Waals surface area contributed by atoms with Gasteiger partial charge in [-0.05, 0) is 35.7 Å². The molecule has 0 radical (unpaired) electrons. The number of esters is 1. The molecule has 10 heteroatoms. The summed E-state index contributed by atoms with van der Waals surface area (Å²) in [6, 6.07) is 26.9. The molecule has 3 aromatic carbocycles. The lowest BCUT2D eigenvalue weighted by molar-refractivity contribution is -0.320. The van der Waals surface area contributed by atoms with E-state index in [1.54, 1.807) is 14.0 Å². The Morgan fingerprint density at radius 3 is 2.05 bits per heavy atom. The Balaban J connectivity index is 1.42. The van der Waals surface area contributed by atoms with Gasteiger partial charge >= 0.3 is 5.97 Å². The fourth-order valence-corrected chi connectivity index (χ4v) is 4.67. The van der Waals surface area contributed by atoms with Gasteiger partial charge in [0, 0.05) is 0 Å². The summed E-state index contributed by atoms with van der Waals surface area (Å²) in [6.07, 6.45) is -4.76. The van der Waals surface area contributed by atoms with E-state index in [1.165, 1.54) is 0 Å². The van der Waals surface area contributed by atoms with Gasteiger partial charge in [-0.1, -0.05) is 72.8 Å². The van der Waals surface area contributed by atoms with Gasteiger partial charge in [0.1, 0.15) is 36.8 Å². The summed E-state index contributed by atoms with van der Waals surface area (Å²) >= 11 is 0. The maximum absolute atomic E-state index is 12.2. The zero-order valence-corrected chi connectivity index (χ0v) is 25.2. The van der Waals surface area contributed by atoms with Crippen molar-refractivity contribution < 1.29 is 47.8 Å². The summed E-state index contributed by atoms with van der Waals surface area (Å²) in [4.78, 5) is 12.2. The van der Waals surface area contributed by atoms with Crippen LogP contribution in [0.15, 0.2) is 84.9 Å². The Bertz CT molecular complexity index is 1210. The fourth-order valence-electron chi connectivity index (χ4n) is 4.67. The lowest BCUT2D eigenvalue weighted by atomic mass is 9.98. The lowest BCUT2D eigenvalue weighted by Crippen LogP contribution is -2.61. The van der Waals surface area contributed by atoms with Gasteiger partial charge in [0.15, 0.2) is 6.29 Å². The van der Waals surface area contributed by atoms with Crippen LogP contribution in [0.1, 0.15) is 23.6 Å². The number of carbonyl (C=O) groups excluding carboxylic acids is 1. The number of rotatable bonds is 18. The third kappa shape index (κ3) is 10.7. The molecule has 0 amide bonds. The van der Waals surface area contributed by atoms with Gasteiger partial charge in [-0.25, -0.2) is 4.79 Å². The van der Waals surface area contributed by atoms with Gasteiger partial charge in [-0.15, -0.1) is 0 Å². The van der Waals surface area contributed by atoms with E-state index in [0.29, 0.717) is 13.2 Å². The van der Waals surface area contributed by atoms with Crippen LogP contribution in [0, 0.1) is 0 Å². The summed E-state index contributed by atoms with van der Waals surface area (Å²) < 4.78 is 46.5. The van der Waals surface area contributed by atoms with Gasteiger partial charge in [-0.3, -0.25) is 0 Å². The van der Waals surface area contributed by atoms with E-state index >= 15 is 0 Å². The Morgan fingerprint density at radius 1 is 0.750 bits per heavy atom. The summed E-state index contributed by atoms with van der Waals surface area (Å²) in [5.41, 5.74) is 2.90. The van der Waals surface area contributed by atoms with E-state index in [2.05, 4.69) is 0 Å². The van der Waals surface area contributed by atoms with Crippen molar-refractivity contribution in [1.29, 1.82) is 0 Å². The molecular formula is C34H42O10. The molecule has 10 nitrogen and oxygen atoms in total. The zero-order chi connectivity index (χ0) is 31.0. The van der Waals surface area contributed by atoms with Crippen LogP contribution < -0.4 is 4.74 Å². The lowest BCUT2D eigenvalue weighted by Gasteiger charge is -2.44. The van der Waals surface area contributed by atoms with Crippen LogP contribution in [0.4, 0.5) is 0 Å². The number of aliphatic hydroxyl groups is 1. The number of aliphatic hydroxyl groups excluding tert-OH is 1. The molecule has 0 bridgehead atoms. The van der Waals surface area contributed by atoms with Crippen LogP contribution in [0.3, 0.4) is 0 Å². The van der Waals surface area contributed by atoms with Gasteiger partial charge < -0.3 is 43.0 Å². The number of hydrogen-bond acceptors (Lipinski definition) is 10. The molecule has 1 aliphatic rings. The molecule has 1 heterocycles. The van der Waals surface area contributed by atoms with E-state index in [9.17, 15) is 9.90 Å². The number of hydrogen-bond donors (Lipinski definition) is 1. The van der Waals surface area contributed by atoms with Crippen LogP contribution in [-0.2, 0) is 57.8 Å². The summed E-state index contributed by atoms with van der Waals surface area (Å²) in [5.74, 6) is 0.228. The van der Waals surface area contributed by atoms with E-state index in [-0.39, 0.29) is 39.6 Å². The molecular weight excluding hydrogens is 568 g/mol. The number of methoxy groups -OCH3 is 1. The highest BCUT2D eigenvalue weighted by atomic mass is 16.7. The second-order valence-corrected chi connectivity index (χ2v) is 10.1. The molecule has 0 aliphatic carbocycles. The second-order valence-electron chi connectivity index (χ2n) is 10.1. The van der Waals surface area contributed by atoms with Crippen molar-refractivity contribution in [3.05, 3.63) is 102 Å². The Morgan fingerprint density at radius 2 is 1.39 bits per heavy atom. The van der Waals surface area contributed by atoms with Gasteiger partial charge in [0.05, 0.1) is 53.4 Å². The van der Waals surface area contributed by atoms with Crippen LogP contribution in [-0.4, -0.2) is 81.9 Å². The normalized spacial score (nSPS) is 21.6. The molecule has 238 valence electrons. The number of carbonyl (C=O) groups is 1. The van der Waals surface area contributed by atoms with Crippen molar-refractivity contribution >= 4 is 5.97 Å². The Hall–Kier alpha value is -3.35. The molecule has 0 aromatic heterocycles. The predicted molar refractivity (Wildman–Crippen MR) is 161 cm³/mol. The quantitative estimate of drug-likeness (QED) is 0.167. The topological polar surface area (TPSA) is 111 Å². The molecule has 0 saturated carbocycles. The highest BCUT2D eigenvalue weighted by molar-refractivity contribution is 5.70. The van der Waals surface area contributed by atoms with Crippen LogP contribution in [0.5, 0.6) is 5.75 Å². The van der Waals surface area contributed by atoms with Crippen molar-refractivity contribution in [2.24, 2.45) is 0 Å². The summed E-state index contributed by atoms with van der Waals surface area (Å²) in [6.45, 7) is 3.04. The van der Waals surface area contributed by atoms with Crippen molar-refractivity contribution in [1.82, 2.24) is 0 Å². The van der Waals surface area contributed by atoms with Crippen molar-refractivity contribution in [2.75, 3.05) is 40.1 Å². The van der Waals surface area contributed by atoms with E-state index in [1.807, 2.05) is 84.9 Å². The average Bonchev–Trinajstić information content (AvgIpc) is 3.05. The molecule has 1 fully saturated rings. The number of benzene rings is 3. The first-order valence-corrected chi connectivity index (χ1v) is 14.8.